The minimum atomic E-state index is -0.766. The number of carbonyl (C=O) groups is 2. The Kier molecular flexibility index (Phi) is 5.11. The number of aromatic nitrogens is 3. The average molecular weight is 342 g/mol. The molecule has 0 aromatic carbocycles. The van der Waals surface area contributed by atoms with E-state index in [-0.39, 0.29) is 17.7 Å². The number of carboxylic acids is 1. The van der Waals surface area contributed by atoms with Gasteiger partial charge in [0.05, 0.1) is 23.4 Å². The van der Waals surface area contributed by atoms with Crippen LogP contribution in [-0.2, 0) is 4.79 Å². The van der Waals surface area contributed by atoms with Crippen LogP contribution in [0, 0.1) is 18.8 Å². The minimum Gasteiger partial charge on any atom is -0.481 e. The van der Waals surface area contributed by atoms with E-state index in [4.69, 9.17) is 0 Å². The van der Waals surface area contributed by atoms with Crippen molar-refractivity contribution in [1.82, 2.24) is 20.1 Å². The Balaban J connectivity index is 1.68. The van der Waals surface area contributed by atoms with Gasteiger partial charge in [0.2, 0.25) is 0 Å². The third kappa shape index (κ3) is 3.70. The number of carbonyl (C=O) groups excluding carboxylic acids is 1. The van der Waals surface area contributed by atoms with Crippen LogP contribution < -0.4 is 5.32 Å². The van der Waals surface area contributed by atoms with E-state index >= 15 is 0 Å². The largest absolute Gasteiger partial charge is 0.481 e. The Hall–Kier alpha value is -2.70. The zero-order chi connectivity index (χ0) is 17.8. The molecule has 132 valence electrons. The number of aliphatic carboxylic acids is 1. The Bertz CT molecular complexity index is 757. The fourth-order valence-corrected chi connectivity index (χ4v) is 3.44. The van der Waals surface area contributed by atoms with Gasteiger partial charge in [0, 0.05) is 12.7 Å². The number of pyridine rings is 1. The van der Waals surface area contributed by atoms with E-state index in [0.717, 1.165) is 19.3 Å². The molecule has 25 heavy (non-hydrogen) atoms. The standard InChI is InChI=1S/C18H22N4O3/c1-12-15(11-21-22(12)16-8-4-5-9-19-16)17(23)20-10-13-6-2-3-7-14(13)18(24)25/h4-5,8-9,11,13-14H,2-3,6-7,10H2,1H3,(H,20,23)(H,24,25)/t13-,14-/m0/s1. The van der Waals surface area contributed by atoms with Gasteiger partial charge < -0.3 is 10.4 Å². The molecular formula is C18H22N4O3. The maximum Gasteiger partial charge on any atom is 0.306 e. The topological polar surface area (TPSA) is 97.1 Å². The normalized spacial score (nSPS) is 20.2. The Morgan fingerprint density at radius 3 is 2.84 bits per heavy atom. The number of amides is 1. The molecule has 2 atom stereocenters. The zero-order valence-corrected chi connectivity index (χ0v) is 14.2. The molecule has 0 aliphatic heterocycles. The van der Waals surface area contributed by atoms with E-state index in [1.165, 1.54) is 6.20 Å². The van der Waals surface area contributed by atoms with Crippen LogP contribution in [0.3, 0.4) is 0 Å². The third-order valence-electron chi connectivity index (χ3n) is 4.87. The average Bonchev–Trinajstić information content (AvgIpc) is 3.02. The highest BCUT2D eigenvalue weighted by Crippen LogP contribution is 2.29. The number of hydrogen-bond acceptors (Lipinski definition) is 4. The number of hydrogen-bond donors (Lipinski definition) is 2. The van der Waals surface area contributed by atoms with E-state index < -0.39 is 5.97 Å². The third-order valence-corrected chi connectivity index (χ3v) is 4.87. The molecule has 0 radical (unpaired) electrons. The molecule has 2 N–H and O–H groups in total. The molecule has 0 bridgehead atoms. The van der Waals surface area contributed by atoms with E-state index in [0.29, 0.717) is 30.0 Å². The minimum absolute atomic E-state index is 0.0126. The molecule has 0 spiro atoms. The maximum atomic E-state index is 12.5. The lowest BCUT2D eigenvalue weighted by Crippen LogP contribution is -2.37. The van der Waals surface area contributed by atoms with Crippen molar-refractivity contribution >= 4 is 11.9 Å². The molecule has 1 amide bonds. The highest BCUT2D eigenvalue weighted by Gasteiger charge is 2.31. The van der Waals surface area contributed by atoms with Crippen molar-refractivity contribution in [3.05, 3.63) is 41.9 Å². The molecule has 2 heterocycles. The molecule has 1 aliphatic rings. The van der Waals surface area contributed by atoms with Crippen LogP contribution >= 0.6 is 0 Å². The van der Waals surface area contributed by atoms with Gasteiger partial charge in [0.15, 0.2) is 5.82 Å². The van der Waals surface area contributed by atoms with E-state index in [2.05, 4.69) is 15.4 Å². The summed E-state index contributed by atoms with van der Waals surface area (Å²) < 4.78 is 1.62. The molecule has 2 aromatic rings. The Morgan fingerprint density at radius 2 is 2.12 bits per heavy atom. The van der Waals surface area contributed by atoms with Gasteiger partial charge in [-0.2, -0.15) is 5.10 Å². The van der Waals surface area contributed by atoms with Crippen LogP contribution in [-0.4, -0.2) is 38.3 Å². The van der Waals surface area contributed by atoms with E-state index in [1.54, 1.807) is 10.9 Å². The van der Waals surface area contributed by atoms with E-state index in [1.807, 2.05) is 25.1 Å². The second-order valence-electron chi connectivity index (χ2n) is 6.44. The highest BCUT2D eigenvalue weighted by atomic mass is 16.4. The first kappa shape index (κ1) is 17.1. The predicted molar refractivity (Wildman–Crippen MR) is 91.5 cm³/mol. The molecule has 1 fully saturated rings. The Labute approximate surface area is 146 Å². The first-order valence-electron chi connectivity index (χ1n) is 8.55. The predicted octanol–water partition coefficient (Wildman–Crippen LogP) is 2.20. The van der Waals surface area contributed by atoms with Gasteiger partial charge in [0.25, 0.3) is 5.91 Å². The summed E-state index contributed by atoms with van der Waals surface area (Å²) in [5.41, 5.74) is 1.18. The van der Waals surface area contributed by atoms with E-state index in [9.17, 15) is 14.7 Å². The lowest BCUT2D eigenvalue weighted by atomic mass is 9.79. The molecule has 2 aromatic heterocycles. The summed E-state index contributed by atoms with van der Waals surface area (Å²) in [5, 5.41) is 16.5. The Morgan fingerprint density at radius 1 is 1.32 bits per heavy atom. The van der Waals surface area contributed by atoms with Gasteiger partial charge in [-0.3, -0.25) is 9.59 Å². The van der Waals surface area contributed by atoms with Gasteiger partial charge in [-0.1, -0.05) is 18.9 Å². The van der Waals surface area contributed by atoms with Crippen LogP contribution in [0.1, 0.15) is 41.7 Å². The summed E-state index contributed by atoms with van der Waals surface area (Å²) >= 11 is 0. The fourth-order valence-electron chi connectivity index (χ4n) is 3.44. The quantitative estimate of drug-likeness (QED) is 0.868. The van der Waals surface area contributed by atoms with Crippen LogP contribution in [0.25, 0.3) is 5.82 Å². The first-order chi connectivity index (χ1) is 12.1. The van der Waals surface area contributed by atoms with Crippen molar-refractivity contribution in [1.29, 1.82) is 0 Å². The lowest BCUT2D eigenvalue weighted by Gasteiger charge is -2.28. The summed E-state index contributed by atoms with van der Waals surface area (Å²) in [6.45, 7) is 2.20. The molecule has 3 rings (SSSR count). The molecular weight excluding hydrogens is 320 g/mol. The number of carboxylic acid groups (broad SMARTS) is 1. The smallest absolute Gasteiger partial charge is 0.306 e. The van der Waals surface area contributed by atoms with Crippen molar-refractivity contribution in [2.24, 2.45) is 11.8 Å². The van der Waals surface area contributed by atoms with Crippen LogP contribution in [0.2, 0.25) is 0 Å². The van der Waals surface area contributed by atoms with Crippen molar-refractivity contribution in [2.75, 3.05) is 6.54 Å². The fraction of sp³-hybridized carbons (Fsp3) is 0.444. The highest BCUT2D eigenvalue weighted by molar-refractivity contribution is 5.95. The first-order valence-corrected chi connectivity index (χ1v) is 8.55. The zero-order valence-electron chi connectivity index (χ0n) is 14.2. The molecule has 1 aliphatic carbocycles. The maximum absolute atomic E-state index is 12.5. The van der Waals surface area contributed by atoms with Crippen molar-refractivity contribution in [3.63, 3.8) is 0 Å². The van der Waals surface area contributed by atoms with Crippen LogP contribution in [0.4, 0.5) is 0 Å². The van der Waals surface area contributed by atoms with Crippen molar-refractivity contribution in [3.8, 4) is 5.82 Å². The summed E-state index contributed by atoms with van der Waals surface area (Å²) in [6.07, 6.45) is 6.68. The van der Waals surface area contributed by atoms with Crippen molar-refractivity contribution in [2.45, 2.75) is 32.6 Å². The summed E-state index contributed by atoms with van der Waals surface area (Å²) in [6, 6.07) is 5.50. The number of nitrogens with one attached hydrogen (secondary N) is 1. The second-order valence-corrected chi connectivity index (χ2v) is 6.44. The monoisotopic (exact) mass is 342 g/mol. The number of rotatable bonds is 5. The summed E-state index contributed by atoms with van der Waals surface area (Å²) in [5.74, 6) is -0.725. The van der Waals surface area contributed by atoms with Gasteiger partial charge in [-0.25, -0.2) is 9.67 Å². The van der Waals surface area contributed by atoms with Gasteiger partial charge >= 0.3 is 5.97 Å². The molecule has 1 saturated carbocycles. The van der Waals surface area contributed by atoms with Gasteiger partial charge in [0.1, 0.15) is 0 Å². The van der Waals surface area contributed by atoms with Crippen LogP contribution in [0.15, 0.2) is 30.6 Å². The molecule has 0 unspecified atom stereocenters. The molecule has 7 heteroatoms. The summed E-state index contributed by atoms with van der Waals surface area (Å²) in [4.78, 5) is 28.1. The lowest BCUT2D eigenvalue weighted by molar-refractivity contribution is -0.144. The second kappa shape index (κ2) is 7.46. The van der Waals surface area contributed by atoms with Gasteiger partial charge in [-0.15, -0.1) is 0 Å². The molecule has 7 nitrogen and oxygen atoms in total. The van der Waals surface area contributed by atoms with Crippen LogP contribution in [0.5, 0.6) is 0 Å². The number of nitrogens with zero attached hydrogens (tertiary/aromatic N) is 3. The molecule has 0 saturated heterocycles. The van der Waals surface area contributed by atoms with Crippen molar-refractivity contribution < 1.29 is 14.7 Å². The SMILES string of the molecule is Cc1c(C(=O)NC[C@@H]2CCCC[C@@H]2C(=O)O)cnn1-c1ccccn1. The summed E-state index contributed by atoms with van der Waals surface area (Å²) in [7, 11) is 0. The van der Waals surface area contributed by atoms with Gasteiger partial charge in [-0.05, 0) is 37.8 Å².